The number of amides is 1. The van der Waals surface area contributed by atoms with Crippen LogP contribution in [0.4, 0.5) is 0 Å². The van der Waals surface area contributed by atoms with Crippen LogP contribution in [0.15, 0.2) is 36.4 Å². The minimum atomic E-state index is -0.510. The van der Waals surface area contributed by atoms with Crippen LogP contribution in [0.2, 0.25) is 0 Å². The molecule has 25 heavy (non-hydrogen) atoms. The molecule has 3 rings (SSSR count). The van der Waals surface area contributed by atoms with Crippen molar-refractivity contribution in [2.45, 2.75) is 31.3 Å². The molecule has 3 N–H and O–H groups in total. The number of likely N-dealkylation sites (N-methyl/N-ethyl adjacent to an activating group) is 1. The smallest absolute Gasteiger partial charge is 0.248 e. The van der Waals surface area contributed by atoms with E-state index in [9.17, 15) is 9.59 Å². The maximum Gasteiger partial charge on any atom is 0.248 e. The molecule has 2 aliphatic rings. The molecule has 0 saturated carbocycles. The SMILES string of the molecule is CN1CCC[C@H](C(=O)NO)[C@H]1C(=O)C1CC(c2ccccc2)=CCN1. The molecule has 134 valence electrons. The Balaban J connectivity index is 1.77. The van der Waals surface area contributed by atoms with E-state index in [4.69, 9.17) is 5.21 Å². The first-order valence-electron chi connectivity index (χ1n) is 8.77. The lowest BCUT2D eigenvalue weighted by Crippen LogP contribution is -2.57. The second-order valence-electron chi connectivity index (χ2n) is 6.81. The van der Waals surface area contributed by atoms with Crippen molar-refractivity contribution in [2.24, 2.45) is 5.92 Å². The van der Waals surface area contributed by atoms with Crippen LogP contribution >= 0.6 is 0 Å². The molecule has 0 bridgehead atoms. The third-order valence-corrected chi connectivity index (χ3v) is 5.25. The van der Waals surface area contributed by atoms with Gasteiger partial charge in [-0.3, -0.25) is 19.7 Å². The highest BCUT2D eigenvalue weighted by Gasteiger charge is 2.41. The molecule has 3 atom stereocenters. The van der Waals surface area contributed by atoms with Crippen molar-refractivity contribution < 1.29 is 14.8 Å². The number of benzene rings is 1. The van der Waals surface area contributed by atoms with Crippen LogP contribution in [-0.4, -0.2) is 54.0 Å². The van der Waals surface area contributed by atoms with Gasteiger partial charge in [0.1, 0.15) is 0 Å². The molecule has 0 aliphatic carbocycles. The van der Waals surface area contributed by atoms with E-state index >= 15 is 0 Å². The summed E-state index contributed by atoms with van der Waals surface area (Å²) in [4.78, 5) is 27.1. The lowest BCUT2D eigenvalue weighted by molar-refractivity contribution is -0.143. The van der Waals surface area contributed by atoms with Crippen LogP contribution in [0.3, 0.4) is 0 Å². The number of nitrogens with one attached hydrogen (secondary N) is 2. The fourth-order valence-electron chi connectivity index (χ4n) is 3.93. The first-order valence-corrected chi connectivity index (χ1v) is 8.77. The van der Waals surface area contributed by atoms with E-state index in [1.807, 2.05) is 42.3 Å². The maximum atomic E-state index is 13.2. The number of hydrogen-bond acceptors (Lipinski definition) is 5. The van der Waals surface area contributed by atoms with Gasteiger partial charge in [0.25, 0.3) is 0 Å². The molecule has 1 saturated heterocycles. The Hall–Kier alpha value is -2.02. The number of Topliss-reactive ketones (excluding diaryl/α,β-unsaturated/α-hetero) is 1. The Bertz CT molecular complexity index is 659. The molecule has 1 aromatic rings. The van der Waals surface area contributed by atoms with E-state index in [1.165, 1.54) is 0 Å². The van der Waals surface area contributed by atoms with Crippen LogP contribution in [-0.2, 0) is 9.59 Å². The zero-order chi connectivity index (χ0) is 17.8. The number of carbonyl (C=O) groups is 2. The van der Waals surface area contributed by atoms with Crippen LogP contribution in [0.1, 0.15) is 24.8 Å². The number of likely N-dealkylation sites (tertiary alicyclic amines) is 1. The predicted molar refractivity (Wildman–Crippen MR) is 94.9 cm³/mol. The Morgan fingerprint density at radius 3 is 2.76 bits per heavy atom. The molecule has 1 aromatic carbocycles. The molecule has 2 aliphatic heterocycles. The standard InChI is InChI=1S/C19H25N3O3/c1-22-11-5-8-15(19(24)21-25)17(22)18(23)16-12-14(9-10-20-16)13-6-3-2-4-7-13/h2-4,6-7,9,15-17,20,25H,5,8,10-12H2,1H3,(H,21,24)/t15-,16?,17-/m0/s1. The number of hydrogen-bond donors (Lipinski definition) is 3. The van der Waals surface area contributed by atoms with Crippen molar-refractivity contribution in [3.63, 3.8) is 0 Å². The normalized spacial score (nSPS) is 27.4. The molecule has 0 radical (unpaired) electrons. The van der Waals surface area contributed by atoms with Gasteiger partial charge in [-0.1, -0.05) is 36.4 Å². The van der Waals surface area contributed by atoms with Crippen molar-refractivity contribution in [3.05, 3.63) is 42.0 Å². The summed E-state index contributed by atoms with van der Waals surface area (Å²) in [6.07, 6.45) is 4.18. The molecule has 0 aromatic heterocycles. The van der Waals surface area contributed by atoms with Crippen LogP contribution in [0, 0.1) is 5.92 Å². The number of ketones is 1. The van der Waals surface area contributed by atoms with Crippen molar-refractivity contribution in [1.29, 1.82) is 0 Å². The van der Waals surface area contributed by atoms with Crippen LogP contribution in [0.5, 0.6) is 0 Å². The molecular formula is C19H25N3O3. The predicted octanol–water partition coefficient (Wildman–Crippen LogP) is 1.22. The fraction of sp³-hybridized carbons (Fsp3) is 0.474. The molecule has 1 unspecified atom stereocenters. The second kappa shape index (κ2) is 7.91. The number of nitrogens with zero attached hydrogens (tertiary/aromatic N) is 1. The number of piperidine rings is 1. The van der Waals surface area contributed by atoms with Gasteiger partial charge < -0.3 is 5.32 Å². The zero-order valence-electron chi connectivity index (χ0n) is 14.4. The maximum absolute atomic E-state index is 13.2. The molecule has 0 spiro atoms. The van der Waals surface area contributed by atoms with Gasteiger partial charge in [0.15, 0.2) is 5.78 Å². The topological polar surface area (TPSA) is 81.7 Å². The largest absolute Gasteiger partial charge is 0.304 e. The van der Waals surface area contributed by atoms with Crippen molar-refractivity contribution in [3.8, 4) is 0 Å². The van der Waals surface area contributed by atoms with E-state index in [2.05, 4.69) is 11.4 Å². The van der Waals surface area contributed by atoms with Crippen molar-refractivity contribution in [2.75, 3.05) is 20.1 Å². The molecule has 1 amide bonds. The minimum Gasteiger partial charge on any atom is -0.304 e. The van der Waals surface area contributed by atoms with Gasteiger partial charge in [-0.25, -0.2) is 5.48 Å². The van der Waals surface area contributed by atoms with E-state index < -0.39 is 17.9 Å². The summed E-state index contributed by atoms with van der Waals surface area (Å²) in [7, 11) is 1.87. The summed E-state index contributed by atoms with van der Waals surface area (Å²) in [5.74, 6) is -0.957. The summed E-state index contributed by atoms with van der Waals surface area (Å²) < 4.78 is 0. The average molecular weight is 343 g/mol. The third kappa shape index (κ3) is 3.81. The minimum absolute atomic E-state index is 0.0253. The number of carbonyl (C=O) groups excluding carboxylic acids is 2. The summed E-state index contributed by atoms with van der Waals surface area (Å²) in [6, 6.07) is 9.23. The molecule has 6 heteroatoms. The number of rotatable bonds is 4. The Morgan fingerprint density at radius 1 is 1.28 bits per heavy atom. The molecule has 6 nitrogen and oxygen atoms in total. The lowest BCUT2D eigenvalue weighted by Gasteiger charge is -2.39. The van der Waals surface area contributed by atoms with Gasteiger partial charge in [0.2, 0.25) is 5.91 Å². The van der Waals surface area contributed by atoms with E-state index in [0.717, 1.165) is 24.1 Å². The van der Waals surface area contributed by atoms with Gasteiger partial charge in [0, 0.05) is 6.54 Å². The quantitative estimate of drug-likeness (QED) is 0.566. The van der Waals surface area contributed by atoms with Crippen molar-refractivity contribution >= 4 is 17.3 Å². The lowest BCUT2D eigenvalue weighted by atomic mass is 9.81. The highest BCUT2D eigenvalue weighted by atomic mass is 16.5. The Kier molecular flexibility index (Phi) is 5.63. The summed E-state index contributed by atoms with van der Waals surface area (Å²) >= 11 is 0. The highest BCUT2D eigenvalue weighted by Crippen LogP contribution is 2.28. The monoisotopic (exact) mass is 343 g/mol. The first kappa shape index (κ1) is 17.8. The molecular weight excluding hydrogens is 318 g/mol. The van der Waals surface area contributed by atoms with Crippen LogP contribution in [0.25, 0.3) is 5.57 Å². The summed E-state index contributed by atoms with van der Waals surface area (Å²) in [6.45, 7) is 1.41. The van der Waals surface area contributed by atoms with Gasteiger partial charge >= 0.3 is 0 Å². The average Bonchev–Trinajstić information content (AvgIpc) is 2.67. The highest BCUT2D eigenvalue weighted by molar-refractivity contribution is 5.95. The van der Waals surface area contributed by atoms with Gasteiger partial charge in [0.05, 0.1) is 18.0 Å². The summed E-state index contributed by atoms with van der Waals surface area (Å²) in [5, 5.41) is 12.3. The second-order valence-corrected chi connectivity index (χ2v) is 6.81. The van der Waals surface area contributed by atoms with Gasteiger partial charge in [-0.05, 0) is 44.0 Å². The van der Waals surface area contributed by atoms with E-state index in [0.29, 0.717) is 19.4 Å². The zero-order valence-corrected chi connectivity index (χ0v) is 14.4. The third-order valence-electron chi connectivity index (χ3n) is 5.25. The molecule has 1 fully saturated rings. The fourth-order valence-corrected chi connectivity index (χ4v) is 3.93. The van der Waals surface area contributed by atoms with Crippen molar-refractivity contribution in [1.82, 2.24) is 15.7 Å². The Morgan fingerprint density at radius 2 is 2.04 bits per heavy atom. The van der Waals surface area contributed by atoms with Gasteiger partial charge in [-0.2, -0.15) is 0 Å². The molecule has 2 heterocycles. The van der Waals surface area contributed by atoms with Crippen LogP contribution < -0.4 is 10.8 Å². The summed E-state index contributed by atoms with van der Waals surface area (Å²) in [5.41, 5.74) is 4.01. The van der Waals surface area contributed by atoms with E-state index in [1.54, 1.807) is 5.48 Å². The first-order chi connectivity index (χ1) is 12.1. The number of hydroxylamine groups is 1. The Labute approximate surface area is 147 Å². The van der Waals surface area contributed by atoms with E-state index in [-0.39, 0.29) is 11.8 Å². The van der Waals surface area contributed by atoms with Gasteiger partial charge in [-0.15, -0.1) is 0 Å².